The van der Waals surface area contributed by atoms with Crippen LogP contribution in [-0.2, 0) is 0 Å². The summed E-state index contributed by atoms with van der Waals surface area (Å²) >= 11 is 1.26. The Kier molecular flexibility index (Phi) is 5.57. The molecule has 1 aliphatic carbocycles. The van der Waals surface area contributed by atoms with E-state index in [2.05, 4.69) is 15.6 Å². The minimum atomic E-state index is -0.420. The molecule has 0 aliphatic heterocycles. The second-order valence-electron chi connectivity index (χ2n) is 7.98. The van der Waals surface area contributed by atoms with Gasteiger partial charge in [0, 0.05) is 11.6 Å². The molecule has 1 heterocycles. The molecule has 32 heavy (non-hydrogen) atoms. The highest BCUT2D eigenvalue weighted by Crippen LogP contribution is 2.31. The normalized spacial score (nSPS) is 14.1. The Morgan fingerprint density at radius 3 is 2.44 bits per heavy atom. The SMILES string of the molecule is O=C(NC1CCCC1)c1ccc(-c2ccc(Nc3nc4ccc(F)cc4s3)c(F)c2)cc1. The maximum absolute atomic E-state index is 14.8. The van der Waals surface area contributed by atoms with Crippen LogP contribution in [0.5, 0.6) is 0 Å². The van der Waals surface area contributed by atoms with Crippen LogP contribution in [-0.4, -0.2) is 16.9 Å². The highest BCUT2D eigenvalue weighted by molar-refractivity contribution is 7.22. The number of nitrogens with zero attached hydrogens (tertiary/aromatic N) is 1. The van der Waals surface area contributed by atoms with Gasteiger partial charge in [0.25, 0.3) is 5.91 Å². The molecule has 1 saturated carbocycles. The number of carbonyl (C=O) groups excluding carboxylic acids is 1. The van der Waals surface area contributed by atoms with Crippen LogP contribution in [0.1, 0.15) is 36.0 Å². The third-order valence-corrected chi connectivity index (χ3v) is 6.67. The van der Waals surface area contributed by atoms with Gasteiger partial charge in [0.15, 0.2) is 5.13 Å². The maximum Gasteiger partial charge on any atom is 0.251 e. The van der Waals surface area contributed by atoms with E-state index in [1.54, 1.807) is 24.3 Å². The standard InChI is InChI=1S/C25H21F2N3OS/c26-18-10-12-22-23(14-18)32-25(30-22)29-21-11-9-17(13-20(21)27)15-5-7-16(8-6-15)24(31)28-19-3-1-2-4-19/h5-14,19H,1-4H2,(H,28,31)(H,29,30). The van der Waals surface area contributed by atoms with Crippen LogP contribution >= 0.6 is 11.3 Å². The lowest BCUT2D eigenvalue weighted by atomic mass is 10.0. The number of fused-ring (bicyclic) bond motifs is 1. The summed E-state index contributed by atoms with van der Waals surface area (Å²) < 4.78 is 28.8. The minimum absolute atomic E-state index is 0.0649. The van der Waals surface area contributed by atoms with E-state index in [0.717, 1.165) is 31.2 Å². The van der Waals surface area contributed by atoms with Gasteiger partial charge >= 0.3 is 0 Å². The van der Waals surface area contributed by atoms with Crippen molar-refractivity contribution in [1.82, 2.24) is 10.3 Å². The van der Waals surface area contributed by atoms with Crippen molar-refractivity contribution in [2.24, 2.45) is 0 Å². The molecule has 0 spiro atoms. The molecule has 162 valence electrons. The Hall–Kier alpha value is -3.32. The third-order valence-electron chi connectivity index (χ3n) is 5.73. The van der Waals surface area contributed by atoms with Crippen molar-refractivity contribution >= 4 is 38.3 Å². The predicted molar refractivity (Wildman–Crippen MR) is 124 cm³/mol. The van der Waals surface area contributed by atoms with Gasteiger partial charge in [-0.1, -0.05) is 42.4 Å². The molecule has 0 bridgehead atoms. The molecular weight excluding hydrogens is 428 g/mol. The zero-order valence-corrected chi connectivity index (χ0v) is 18.0. The molecule has 4 aromatic rings. The van der Waals surface area contributed by atoms with E-state index in [-0.39, 0.29) is 17.8 Å². The molecule has 0 atom stereocenters. The van der Waals surface area contributed by atoms with Crippen LogP contribution in [0.2, 0.25) is 0 Å². The molecule has 4 nitrogen and oxygen atoms in total. The smallest absolute Gasteiger partial charge is 0.251 e. The summed E-state index contributed by atoms with van der Waals surface area (Å²) in [6.07, 6.45) is 4.41. The van der Waals surface area contributed by atoms with Gasteiger partial charge in [0.1, 0.15) is 11.6 Å². The van der Waals surface area contributed by atoms with Gasteiger partial charge in [0.2, 0.25) is 0 Å². The summed E-state index contributed by atoms with van der Waals surface area (Å²) in [4.78, 5) is 16.8. The number of benzene rings is 3. The van der Waals surface area contributed by atoms with Gasteiger partial charge in [-0.25, -0.2) is 13.8 Å². The Balaban J connectivity index is 1.30. The second-order valence-corrected chi connectivity index (χ2v) is 9.01. The monoisotopic (exact) mass is 449 g/mol. The Morgan fingerprint density at radius 1 is 0.938 bits per heavy atom. The average Bonchev–Trinajstić information content (AvgIpc) is 3.44. The maximum atomic E-state index is 14.8. The number of halogens is 2. The zero-order chi connectivity index (χ0) is 22.1. The highest BCUT2D eigenvalue weighted by atomic mass is 32.1. The molecule has 1 amide bonds. The summed E-state index contributed by atoms with van der Waals surface area (Å²) in [5.74, 6) is -0.814. The number of carbonyl (C=O) groups is 1. The van der Waals surface area contributed by atoms with Crippen molar-refractivity contribution in [3.05, 3.63) is 77.9 Å². The minimum Gasteiger partial charge on any atom is -0.349 e. The molecule has 3 aromatic carbocycles. The lowest BCUT2D eigenvalue weighted by Gasteiger charge is -2.12. The largest absolute Gasteiger partial charge is 0.349 e. The first-order valence-corrected chi connectivity index (χ1v) is 11.4. The molecule has 0 saturated heterocycles. The van der Waals surface area contributed by atoms with Gasteiger partial charge < -0.3 is 10.6 Å². The van der Waals surface area contributed by atoms with Crippen LogP contribution in [0, 0.1) is 11.6 Å². The molecule has 1 aliphatic rings. The van der Waals surface area contributed by atoms with Crippen molar-refractivity contribution in [2.45, 2.75) is 31.7 Å². The summed E-state index contributed by atoms with van der Waals surface area (Å²) in [5, 5.41) is 6.54. The summed E-state index contributed by atoms with van der Waals surface area (Å²) in [6, 6.07) is 16.7. The average molecular weight is 450 g/mol. The molecule has 0 unspecified atom stereocenters. The number of aromatic nitrogens is 1. The second kappa shape index (κ2) is 8.67. The van der Waals surface area contributed by atoms with E-state index < -0.39 is 5.82 Å². The van der Waals surface area contributed by atoms with Gasteiger partial charge in [-0.3, -0.25) is 4.79 Å². The molecule has 2 N–H and O–H groups in total. The van der Waals surface area contributed by atoms with Crippen molar-refractivity contribution in [2.75, 3.05) is 5.32 Å². The van der Waals surface area contributed by atoms with Crippen LogP contribution in [0.15, 0.2) is 60.7 Å². The van der Waals surface area contributed by atoms with Crippen molar-refractivity contribution < 1.29 is 13.6 Å². The first-order chi connectivity index (χ1) is 15.5. The third kappa shape index (κ3) is 4.34. The zero-order valence-electron chi connectivity index (χ0n) is 17.2. The topological polar surface area (TPSA) is 54.0 Å². The van der Waals surface area contributed by atoms with Crippen LogP contribution in [0.4, 0.5) is 19.6 Å². The van der Waals surface area contributed by atoms with Gasteiger partial charge in [-0.15, -0.1) is 0 Å². The fourth-order valence-electron chi connectivity index (χ4n) is 4.02. The number of hydrogen-bond acceptors (Lipinski definition) is 4. The van der Waals surface area contributed by atoms with Crippen molar-refractivity contribution in [3.8, 4) is 11.1 Å². The molecule has 7 heteroatoms. The molecule has 1 fully saturated rings. The number of thiazole rings is 1. The van der Waals surface area contributed by atoms with Crippen molar-refractivity contribution in [1.29, 1.82) is 0 Å². The first-order valence-electron chi connectivity index (χ1n) is 10.6. The fraction of sp³-hybridized carbons (Fsp3) is 0.200. The number of hydrogen-bond donors (Lipinski definition) is 2. The van der Waals surface area contributed by atoms with Crippen LogP contribution in [0.25, 0.3) is 21.3 Å². The number of nitrogens with one attached hydrogen (secondary N) is 2. The van der Waals surface area contributed by atoms with Crippen LogP contribution in [0.3, 0.4) is 0 Å². The van der Waals surface area contributed by atoms with Crippen molar-refractivity contribution in [3.63, 3.8) is 0 Å². The number of rotatable bonds is 5. The predicted octanol–water partition coefficient (Wildman–Crippen LogP) is 6.66. The summed E-state index contributed by atoms with van der Waals surface area (Å²) in [7, 11) is 0. The molecule has 1 aromatic heterocycles. The van der Waals surface area contributed by atoms with Gasteiger partial charge in [-0.05, 0) is 66.4 Å². The van der Waals surface area contributed by atoms with E-state index in [9.17, 15) is 13.6 Å². The van der Waals surface area contributed by atoms with E-state index in [1.165, 1.54) is 29.5 Å². The highest BCUT2D eigenvalue weighted by Gasteiger charge is 2.18. The Labute approximate surface area is 188 Å². The first kappa shape index (κ1) is 20.6. The van der Waals surface area contributed by atoms with E-state index >= 15 is 0 Å². The summed E-state index contributed by atoms with van der Waals surface area (Å²) in [5.41, 5.74) is 3.09. The lowest BCUT2D eigenvalue weighted by molar-refractivity contribution is 0.0938. The number of anilines is 2. The van der Waals surface area contributed by atoms with E-state index in [1.807, 2.05) is 18.2 Å². The summed E-state index contributed by atoms with van der Waals surface area (Å²) in [6.45, 7) is 0. The quantitative estimate of drug-likeness (QED) is 0.358. The van der Waals surface area contributed by atoms with E-state index in [4.69, 9.17) is 0 Å². The van der Waals surface area contributed by atoms with Crippen LogP contribution < -0.4 is 10.6 Å². The van der Waals surface area contributed by atoms with E-state index in [0.29, 0.717) is 32.2 Å². The fourth-order valence-corrected chi connectivity index (χ4v) is 4.92. The van der Waals surface area contributed by atoms with Gasteiger partial charge in [-0.2, -0.15) is 0 Å². The molecular formula is C25H21F2N3OS. The molecule has 5 rings (SSSR count). The lowest BCUT2D eigenvalue weighted by Crippen LogP contribution is -2.32. The molecule has 0 radical (unpaired) electrons. The number of amides is 1. The Bertz CT molecular complexity index is 1280. The van der Waals surface area contributed by atoms with Gasteiger partial charge in [0.05, 0.1) is 15.9 Å². The Morgan fingerprint density at radius 2 is 1.69 bits per heavy atom.